The lowest BCUT2D eigenvalue weighted by atomic mass is 10.0. The Morgan fingerprint density at radius 3 is 0.943 bits per heavy atom. The zero-order chi connectivity index (χ0) is 61.0. The summed E-state index contributed by atoms with van der Waals surface area (Å²) < 4.78 is 38.5. The highest BCUT2D eigenvalue weighted by molar-refractivity contribution is 5.89. The van der Waals surface area contributed by atoms with Crippen molar-refractivity contribution >= 4 is 11.0 Å². The Morgan fingerprint density at radius 2 is 0.586 bits per heavy atom. The van der Waals surface area contributed by atoms with Crippen LogP contribution in [0.5, 0.6) is 28.7 Å². The molecule has 0 fully saturated rings. The number of rotatable bonds is 53. The molecule has 4 aromatic carbocycles. The van der Waals surface area contributed by atoms with Gasteiger partial charge in [-0.05, 0) is 105 Å². The van der Waals surface area contributed by atoms with Crippen LogP contribution >= 0.6 is 0 Å². The van der Waals surface area contributed by atoms with Crippen LogP contribution in [0.15, 0.2) is 83.3 Å². The Morgan fingerprint density at radius 1 is 0.287 bits per heavy atom. The highest BCUT2D eigenvalue weighted by Gasteiger charge is 2.20. The number of hydrogen-bond donors (Lipinski definition) is 0. The summed E-state index contributed by atoms with van der Waals surface area (Å²) in [5.41, 5.74) is 6.30. The maximum Gasteiger partial charge on any atom is 0.248 e. The molecule has 0 spiro atoms. The van der Waals surface area contributed by atoms with Gasteiger partial charge in [0.05, 0.1) is 56.0 Å². The number of methoxy groups -OCH3 is 1. The zero-order valence-electron chi connectivity index (χ0n) is 55.4. The third-order valence-corrected chi connectivity index (χ3v) is 17.1. The van der Waals surface area contributed by atoms with Crippen LogP contribution in [0.2, 0.25) is 0 Å². The predicted octanol–water partition coefficient (Wildman–Crippen LogP) is 23.9. The van der Waals surface area contributed by atoms with Crippen molar-refractivity contribution in [1.29, 1.82) is 0 Å². The summed E-state index contributed by atoms with van der Waals surface area (Å²) in [4.78, 5) is 11.0. The van der Waals surface area contributed by atoms with E-state index in [1.807, 2.05) is 42.5 Å². The summed E-state index contributed by atoms with van der Waals surface area (Å²) in [5.74, 6) is 4.64. The Labute approximate surface area is 527 Å². The summed E-state index contributed by atoms with van der Waals surface area (Å²) in [6.07, 6.45) is 51.1. The topological polar surface area (TPSA) is 111 Å². The molecular weight excluding hydrogens is 1080 g/mol. The molecular formula is C77H116N4O6. The van der Waals surface area contributed by atoms with E-state index >= 15 is 0 Å². The molecule has 87 heavy (non-hydrogen) atoms. The summed E-state index contributed by atoms with van der Waals surface area (Å²) in [7, 11) is 1.66. The number of unbranched alkanes of at least 4 members (excludes halogenated alkanes) is 36. The molecule has 0 aliphatic rings. The second kappa shape index (κ2) is 44.7. The van der Waals surface area contributed by atoms with Crippen molar-refractivity contribution in [3.05, 3.63) is 78.9 Å². The first-order valence-electron chi connectivity index (χ1n) is 35.6. The maximum atomic E-state index is 6.77. The number of ether oxygens (including phenoxy) is 5. The molecule has 0 atom stereocenters. The molecule has 0 saturated carbocycles. The molecule has 10 heteroatoms. The van der Waals surface area contributed by atoms with Crippen LogP contribution < -0.4 is 23.7 Å². The van der Waals surface area contributed by atoms with Crippen LogP contribution in [0, 0.1) is 0 Å². The third kappa shape index (κ3) is 27.3. The van der Waals surface area contributed by atoms with Gasteiger partial charge in [0.1, 0.15) is 5.75 Å². The Hall–Kier alpha value is -5.64. The Bertz CT molecular complexity index is 2700. The zero-order valence-corrected chi connectivity index (χ0v) is 55.4. The molecule has 10 nitrogen and oxygen atoms in total. The average Bonchev–Trinajstić information content (AvgIpc) is 2.25. The number of nitrogens with zero attached hydrogens (tertiary/aromatic N) is 4. The molecule has 0 aliphatic heterocycles. The molecule has 6 rings (SSSR count). The van der Waals surface area contributed by atoms with Crippen LogP contribution in [0.25, 0.3) is 56.5 Å². The quantitative estimate of drug-likeness (QED) is 0.0342. The lowest BCUT2D eigenvalue weighted by Crippen LogP contribution is -2.04. The second-order valence-electron chi connectivity index (χ2n) is 24.7. The van der Waals surface area contributed by atoms with Crippen molar-refractivity contribution < 1.29 is 28.1 Å². The van der Waals surface area contributed by atoms with Gasteiger partial charge in [-0.1, -0.05) is 259 Å². The molecule has 480 valence electrons. The van der Waals surface area contributed by atoms with Crippen molar-refractivity contribution in [2.75, 3.05) is 33.5 Å². The van der Waals surface area contributed by atoms with E-state index in [9.17, 15) is 0 Å². The standard InChI is InChI=1S/C77H116N4O6/c1-6-10-14-18-22-26-30-34-38-42-56-83-70-54-49-64(61-72(70)85-58-44-40-36-32-28-24-20-16-12-8-3)74-75(79-69-60-66(48-53-68(69)78-74)77-81-80-76(87-77)63-46-51-67(82-5)52-47-63)65-50-55-71(84-57-43-39-35-31-27-23-19-15-11-7-2)73(62-65)86-59-45-41-37-33-29-25-21-17-13-9-4/h46-55,60-62H,6-45,56-59H2,1-5H3. The summed E-state index contributed by atoms with van der Waals surface area (Å²) in [6, 6.07) is 26.3. The normalized spacial score (nSPS) is 11.5. The number of hydrogen-bond acceptors (Lipinski definition) is 10. The largest absolute Gasteiger partial charge is 0.497 e. The van der Waals surface area contributed by atoms with Crippen LogP contribution in [-0.4, -0.2) is 53.7 Å². The lowest BCUT2D eigenvalue weighted by molar-refractivity contribution is 0.258. The van der Waals surface area contributed by atoms with Gasteiger partial charge in [0.2, 0.25) is 11.8 Å². The van der Waals surface area contributed by atoms with Crippen LogP contribution in [0.4, 0.5) is 0 Å². The second-order valence-corrected chi connectivity index (χ2v) is 24.7. The molecule has 0 N–H and O–H groups in total. The van der Waals surface area contributed by atoms with Gasteiger partial charge >= 0.3 is 0 Å². The monoisotopic (exact) mass is 1190 g/mol. The Balaban J connectivity index is 1.27. The van der Waals surface area contributed by atoms with E-state index in [1.165, 1.54) is 218 Å². The Kier molecular flexibility index (Phi) is 36.2. The van der Waals surface area contributed by atoms with Crippen molar-refractivity contribution in [3.63, 3.8) is 0 Å². The fourth-order valence-corrected chi connectivity index (χ4v) is 11.6. The van der Waals surface area contributed by atoms with Gasteiger partial charge in [-0.3, -0.25) is 0 Å². The molecule has 0 radical (unpaired) electrons. The average molecular weight is 1190 g/mol. The van der Waals surface area contributed by atoms with Crippen molar-refractivity contribution in [2.24, 2.45) is 0 Å². The van der Waals surface area contributed by atoms with Crippen molar-refractivity contribution in [2.45, 2.75) is 285 Å². The van der Waals surface area contributed by atoms with Crippen molar-refractivity contribution in [1.82, 2.24) is 20.2 Å². The summed E-state index contributed by atoms with van der Waals surface area (Å²) in [5, 5.41) is 8.92. The minimum atomic E-state index is 0.402. The van der Waals surface area contributed by atoms with Gasteiger partial charge in [0.25, 0.3) is 0 Å². The molecule has 6 aromatic rings. The van der Waals surface area contributed by atoms with Gasteiger partial charge in [0, 0.05) is 22.3 Å². The fourth-order valence-electron chi connectivity index (χ4n) is 11.6. The molecule has 0 unspecified atom stereocenters. The minimum Gasteiger partial charge on any atom is -0.497 e. The number of benzene rings is 4. The van der Waals surface area contributed by atoms with Gasteiger partial charge in [-0.25, -0.2) is 9.97 Å². The highest BCUT2D eigenvalue weighted by atomic mass is 16.5. The predicted molar refractivity (Wildman–Crippen MR) is 365 cm³/mol. The van der Waals surface area contributed by atoms with Gasteiger partial charge in [-0.15, -0.1) is 10.2 Å². The summed E-state index contributed by atoms with van der Waals surface area (Å²) in [6.45, 7) is 11.7. The highest BCUT2D eigenvalue weighted by Crippen LogP contribution is 2.41. The van der Waals surface area contributed by atoms with E-state index in [-0.39, 0.29) is 0 Å². The first kappa shape index (κ1) is 70.4. The third-order valence-electron chi connectivity index (χ3n) is 17.1. The van der Waals surface area contributed by atoms with Gasteiger partial charge in [0.15, 0.2) is 23.0 Å². The number of fused-ring (bicyclic) bond motifs is 1. The SMILES string of the molecule is CCCCCCCCCCCCOc1ccc(-c2nc3ccc(-c4nnc(-c5ccc(OC)cc5)o4)cc3nc2-c2ccc(OCCCCCCCCCCCC)c(OCCCCCCCCCCCC)c2)cc1OCCCCCCCCCCCC. The smallest absolute Gasteiger partial charge is 0.248 e. The molecule has 2 heterocycles. The first-order valence-corrected chi connectivity index (χ1v) is 35.6. The lowest BCUT2D eigenvalue weighted by Gasteiger charge is -2.17. The molecule has 0 bridgehead atoms. The number of aromatic nitrogens is 4. The minimum absolute atomic E-state index is 0.402. The first-order chi connectivity index (χ1) is 43.0. The maximum absolute atomic E-state index is 6.77. The van der Waals surface area contributed by atoms with Crippen LogP contribution in [0.1, 0.15) is 285 Å². The molecule has 0 aliphatic carbocycles. The van der Waals surface area contributed by atoms with E-state index in [4.69, 9.17) is 38.1 Å². The molecule has 0 amide bonds. The molecule has 2 aromatic heterocycles. The van der Waals surface area contributed by atoms with Gasteiger partial charge < -0.3 is 28.1 Å². The van der Waals surface area contributed by atoms with E-state index < -0.39 is 0 Å². The van der Waals surface area contributed by atoms with Crippen LogP contribution in [0.3, 0.4) is 0 Å². The van der Waals surface area contributed by atoms with Gasteiger partial charge in [-0.2, -0.15) is 0 Å². The van der Waals surface area contributed by atoms with E-state index in [1.54, 1.807) is 7.11 Å². The van der Waals surface area contributed by atoms with Crippen molar-refractivity contribution in [3.8, 4) is 74.2 Å². The molecule has 0 saturated heterocycles. The summed E-state index contributed by atoms with van der Waals surface area (Å²) >= 11 is 0. The van der Waals surface area contributed by atoms with E-state index in [0.29, 0.717) is 43.7 Å². The van der Waals surface area contributed by atoms with E-state index in [0.717, 1.165) is 106 Å². The van der Waals surface area contributed by atoms with E-state index in [2.05, 4.69) is 74.3 Å². The van der Waals surface area contributed by atoms with Crippen LogP contribution in [-0.2, 0) is 0 Å². The fraction of sp³-hybridized carbons (Fsp3) is 0.636.